The van der Waals surface area contributed by atoms with Crippen molar-refractivity contribution in [3.05, 3.63) is 11.7 Å². The number of morpholine rings is 1. The second-order valence-electron chi connectivity index (χ2n) is 4.26. The molecule has 1 atom stereocenters. The molecule has 1 aromatic rings. The Hall–Kier alpha value is -1.47. The number of aromatic nitrogens is 2. The number of aryl methyl sites for hydroxylation is 1. The summed E-state index contributed by atoms with van der Waals surface area (Å²) in [7, 11) is 0. The second kappa shape index (κ2) is 6.46. The summed E-state index contributed by atoms with van der Waals surface area (Å²) < 4.78 is 10.1. The Labute approximate surface area is 105 Å². The fraction of sp³-hybridized carbons (Fsp3) is 0.727. The highest BCUT2D eigenvalue weighted by Gasteiger charge is 2.16. The molecule has 0 saturated carbocycles. The van der Waals surface area contributed by atoms with E-state index in [1.54, 1.807) is 6.92 Å². The largest absolute Gasteiger partial charge is 0.378 e. The zero-order valence-electron chi connectivity index (χ0n) is 10.4. The first kappa shape index (κ1) is 13.0. The van der Waals surface area contributed by atoms with Crippen LogP contribution in [-0.2, 0) is 16.0 Å². The molecule has 0 aliphatic carbocycles. The molecule has 100 valence electrons. The Morgan fingerprint density at radius 3 is 3.17 bits per heavy atom. The van der Waals surface area contributed by atoms with Gasteiger partial charge in [0.1, 0.15) is 0 Å². The SMILES string of the molecule is Cc1nc(CCNC(=O)CC2COCCN2)no1. The van der Waals surface area contributed by atoms with Crippen molar-refractivity contribution in [2.75, 3.05) is 26.3 Å². The lowest BCUT2D eigenvalue weighted by atomic mass is 10.2. The van der Waals surface area contributed by atoms with Gasteiger partial charge in [-0.1, -0.05) is 5.16 Å². The van der Waals surface area contributed by atoms with Crippen LogP contribution in [0.1, 0.15) is 18.1 Å². The van der Waals surface area contributed by atoms with Crippen molar-refractivity contribution < 1.29 is 14.1 Å². The summed E-state index contributed by atoms with van der Waals surface area (Å²) in [5.74, 6) is 1.17. The maximum Gasteiger partial charge on any atom is 0.223 e. The number of hydrogen-bond acceptors (Lipinski definition) is 6. The van der Waals surface area contributed by atoms with Crippen LogP contribution in [-0.4, -0.2) is 48.4 Å². The topological polar surface area (TPSA) is 89.3 Å². The van der Waals surface area contributed by atoms with Crippen LogP contribution in [0.25, 0.3) is 0 Å². The smallest absolute Gasteiger partial charge is 0.223 e. The van der Waals surface area contributed by atoms with Crippen LogP contribution in [0.2, 0.25) is 0 Å². The maximum atomic E-state index is 11.6. The third kappa shape index (κ3) is 4.08. The van der Waals surface area contributed by atoms with Gasteiger partial charge in [-0.25, -0.2) is 0 Å². The van der Waals surface area contributed by atoms with Gasteiger partial charge in [-0.15, -0.1) is 0 Å². The first-order chi connectivity index (χ1) is 8.74. The molecule has 18 heavy (non-hydrogen) atoms. The molecule has 1 saturated heterocycles. The third-order valence-corrected chi connectivity index (χ3v) is 2.67. The Morgan fingerprint density at radius 1 is 1.61 bits per heavy atom. The number of nitrogens with one attached hydrogen (secondary N) is 2. The van der Waals surface area contributed by atoms with E-state index in [1.807, 2.05) is 0 Å². The van der Waals surface area contributed by atoms with Crippen molar-refractivity contribution in [1.82, 2.24) is 20.8 Å². The molecule has 0 bridgehead atoms. The van der Waals surface area contributed by atoms with Gasteiger partial charge >= 0.3 is 0 Å². The summed E-state index contributed by atoms with van der Waals surface area (Å²) in [6.45, 7) is 4.38. The Bertz CT molecular complexity index is 387. The first-order valence-corrected chi connectivity index (χ1v) is 6.11. The average molecular weight is 254 g/mol. The summed E-state index contributed by atoms with van der Waals surface area (Å²) in [5, 5.41) is 9.83. The van der Waals surface area contributed by atoms with Gasteiger partial charge in [-0.3, -0.25) is 4.79 Å². The number of ether oxygens (including phenoxy) is 1. The summed E-state index contributed by atoms with van der Waals surface area (Å²) in [6, 6.07) is 0.117. The van der Waals surface area contributed by atoms with E-state index in [2.05, 4.69) is 20.8 Å². The molecule has 1 aromatic heterocycles. The molecular weight excluding hydrogens is 236 g/mol. The standard InChI is InChI=1S/C11H18N4O3/c1-8-14-10(15-18-8)2-3-13-11(16)6-9-7-17-5-4-12-9/h9,12H,2-7H2,1H3,(H,13,16). The van der Waals surface area contributed by atoms with Crippen molar-refractivity contribution in [2.24, 2.45) is 0 Å². The fourth-order valence-corrected chi connectivity index (χ4v) is 1.80. The number of hydrogen-bond donors (Lipinski definition) is 2. The van der Waals surface area contributed by atoms with Crippen molar-refractivity contribution in [2.45, 2.75) is 25.8 Å². The highest BCUT2D eigenvalue weighted by Crippen LogP contribution is 1.99. The molecule has 1 aliphatic heterocycles. The molecular formula is C11H18N4O3. The number of nitrogens with zero attached hydrogens (tertiary/aromatic N) is 2. The van der Waals surface area contributed by atoms with Gasteiger partial charge in [0.05, 0.1) is 13.2 Å². The minimum Gasteiger partial charge on any atom is -0.378 e. The lowest BCUT2D eigenvalue weighted by Crippen LogP contribution is -2.44. The highest BCUT2D eigenvalue weighted by atomic mass is 16.5. The molecule has 1 fully saturated rings. The highest BCUT2D eigenvalue weighted by molar-refractivity contribution is 5.76. The summed E-state index contributed by atoms with van der Waals surface area (Å²) >= 11 is 0. The van der Waals surface area contributed by atoms with E-state index in [9.17, 15) is 4.79 Å². The van der Waals surface area contributed by atoms with Gasteiger partial charge < -0.3 is 19.9 Å². The molecule has 1 amide bonds. The molecule has 7 heteroatoms. The fourth-order valence-electron chi connectivity index (χ4n) is 1.80. The van der Waals surface area contributed by atoms with E-state index in [-0.39, 0.29) is 11.9 Å². The molecule has 2 rings (SSSR count). The van der Waals surface area contributed by atoms with Gasteiger partial charge in [0.15, 0.2) is 5.82 Å². The molecule has 0 radical (unpaired) electrons. The van der Waals surface area contributed by atoms with Crippen molar-refractivity contribution in [3.63, 3.8) is 0 Å². The van der Waals surface area contributed by atoms with Crippen LogP contribution in [0.3, 0.4) is 0 Å². The maximum absolute atomic E-state index is 11.6. The van der Waals surface area contributed by atoms with Crippen molar-refractivity contribution >= 4 is 5.91 Å². The summed E-state index contributed by atoms with van der Waals surface area (Å²) in [4.78, 5) is 15.7. The quantitative estimate of drug-likeness (QED) is 0.730. The van der Waals surface area contributed by atoms with E-state index in [0.29, 0.717) is 37.7 Å². The van der Waals surface area contributed by atoms with E-state index in [4.69, 9.17) is 9.26 Å². The summed E-state index contributed by atoms with van der Waals surface area (Å²) in [6.07, 6.45) is 1.02. The van der Waals surface area contributed by atoms with Crippen LogP contribution < -0.4 is 10.6 Å². The van der Waals surface area contributed by atoms with Gasteiger partial charge in [0.25, 0.3) is 0 Å². The first-order valence-electron chi connectivity index (χ1n) is 6.11. The Balaban J connectivity index is 1.62. The van der Waals surface area contributed by atoms with Crippen LogP contribution in [0.5, 0.6) is 0 Å². The van der Waals surface area contributed by atoms with E-state index >= 15 is 0 Å². The normalized spacial score (nSPS) is 19.7. The minimum atomic E-state index is 0.0122. The number of amides is 1. The Kier molecular flexibility index (Phi) is 4.66. The van der Waals surface area contributed by atoms with Gasteiger partial charge in [-0.05, 0) is 0 Å². The Morgan fingerprint density at radius 2 is 2.50 bits per heavy atom. The predicted molar refractivity (Wildman–Crippen MR) is 63.0 cm³/mol. The number of carbonyl (C=O) groups is 1. The van der Waals surface area contributed by atoms with Gasteiger partial charge in [-0.2, -0.15) is 4.98 Å². The van der Waals surface area contributed by atoms with E-state index < -0.39 is 0 Å². The van der Waals surface area contributed by atoms with Crippen molar-refractivity contribution in [1.29, 1.82) is 0 Å². The number of rotatable bonds is 5. The molecule has 1 aliphatic rings. The van der Waals surface area contributed by atoms with E-state index in [0.717, 1.165) is 13.2 Å². The monoisotopic (exact) mass is 254 g/mol. The lowest BCUT2D eigenvalue weighted by Gasteiger charge is -2.23. The zero-order valence-corrected chi connectivity index (χ0v) is 10.4. The van der Waals surface area contributed by atoms with Gasteiger partial charge in [0.2, 0.25) is 11.8 Å². The zero-order chi connectivity index (χ0) is 12.8. The molecule has 2 N–H and O–H groups in total. The van der Waals surface area contributed by atoms with Crippen LogP contribution in [0.15, 0.2) is 4.52 Å². The van der Waals surface area contributed by atoms with Crippen LogP contribution in [0, 0.1) is 6.92 Å². The molecule has 1 unspecified atom stereocenters. The van der Waals surface area contributed by atoms with Gasteiger partial charge in [0, 0.05) is 38.9 Å². The molecule has 7 nitrogen and oxygen atoms in total. The molecule has 2 heterocycles. The average Bonchev–Trinajstić information content (AvgIpc) is 2.76. The molecule has 0 aromatic carbocycles. The number of carbonyl (C=O) groups excluding carboxylic acids is 1. The molecule has 0 spiro atoms. The lowest BCUT2D eigenvalue weighted by molar-refractivity contribution is -0.122. The third-order valence-electron chi connectivity index (χ3n) is 2.67. The second-order valence-corrected chi connectivity index (χ2v) is 4.26. The minimum absolute atomic E-state index is 0.0122. The van der Waals surface area contributed by atoms with E-state index in [1.165, 1.54) is 0 Å². The van der Waals surface area contributed by atoms with Crippen LogP contribution in [0.4, 0.5) is 0 Å². The van der Waals surface area contributed by atoms with Crippen molar-refractivity contribution in [3.8, 4) is 0 Å². The summed E-state index contributed by atoms with van der Waals surface area (Å²) in [5.41, 5.74) is 0. The van der Waals surface area contributed by atoms with Crippen LogP contribution >= 0.6 is 0 Å². The predicted octanol–water partition coefficient (Wildman–Crippen LogP) is -0.585.